The first-order valence-electron chi connectivity index (χ1n) is 3.21. The summed E-state index contributed by atoms with van der Waals surface area (Å²) in [6, 6.07) is 0. The number of aliphatic hydroxyl groups excluding tert-OH is 1. The van der Waals surface area contributed by atoms with Gasteiger partial charge in [-0.15, -0.1) is 0 Å². The molecule has 0 bridgehead atoms. The lowest BCUT2D eigenvalue weighted by atomic mass is 10.4. The topological polar surface area (TPSA) is 46.2 Å². The van der Waals surface area contributed by atoms with Gasteiger partial charge < -0.3 is 10.8 Å². The van der Waals surface area contributed by atoms with Gasteiger partial charge in [-0.2, -0.15) is 0 Å². The molecule has 3 N–H and O–H groups in total. The molecule has 0 saturated heterocycles. The largest absolute Gasteiger partial charge is 0.508 e. The highest BCUT2D eigenvalue weighted by atomic mass is 16.3. The van der Waals surface area contributed by atoms with E-state index in [0.29, 0.717) is 0 Å². The molecule has 2 heteroatoms. The Balaban J connectivity index is 0. The number of rotatable bonds is 2. The lowest BCUT2D eigenvalue weighted by Crippen LogP contribution is -1.74. The summed E-state index contributed by atoms with van der Waals surface area (Å²) in [7, 11) is 0. The van der Waals surface area contributed by atoms with Crippen LogP contribution >= 0.6 is 0 Å². The van der Waals surface area contributed by atoms with Gasteiger partial charge in [0, 0.05) is 0 Å². The predicted molar refractivity (Wildman–Crippen MR) is 45.6 cm³/mol. The van der Waals surface area contributed by atoms with Gasteiger partial charge in [0.1, 0.15) is 5.76 Å². The highest BCUT2D eigenvalue weighted by Crippen LogP contribution is 1.86. The van der Waals surface area contributed by atoms with E-state index >= 15 is 0 Å². The number of hydrogen-bond acceptors (Lipinski definition) is 2. The molecule has 0 rings (SSSR count). The minimum atomic E-state index is 0.117. The average Bonchev–Trinajstić information content (AvgIpc) is 2.04. The Morgan fingerprint density at radius 1 is 1.50 bits per heavy atom. The van der Waals surface area contributed by atoms with Crippen molar-refractivity contribution in [2.24, 2.45) is 5.73 Å². The number of aliphatic hydroxyl groups is 1. The van der Waals surface area contributed by atoms with E-state index in [1.54, 1.807) is 0 Å². The van der Waals surface area contributed by atoms with Crippen molar-refractivity contribution in [3.05, 3.63) is 36.8 Å². The van der Waals surface area contributed by atoms with Gasteiger partial charge in [-0.3, -0.25) is 0 Å². The molecule has 0 aromatic heterocycles. The Bertz CT molecular complexity index is 125. The lowest BCUT2D eigenvalue weighted by molar-refractivity contribution is 0.433. The van der Waals surface area contributed by atoms with Gasteiger partial charge in [0.25, 0.3) is 0 Å². The van der Waals surface area contributed by atoms with Crippen molar-refractivity contribution in [3.8, 4) is 0 Å². The van der Waals surface area contributed by atoms with Gasteiger partial charge >= 0.3 is 0 Å². The molecule has 0 aromatic rings. The van der Waals surface area contributed by atoms with Crippen molar-refractivity contribution in [1.29, 1.82) is 0 Å². The molecular weight excluding hydrogens is 126 g/mol. The molecule has 0 aromatic carbocycles. The third-order valence-corrected chi connectivity index (χ3v) is 0.587. The first-order valence-corrected chi connectivity index (χ1v) is 3.21. The quantitative estimate of drug-likeness (QED) is 0.457. The molecule has 0 aliphatic heterocycles. The Morgan fingerprint density at radius 3 is 2.30 bits per heavy atom. The summed E-state index contributed by atoms with van der Waals surface area (Å²) in [5, 5.41) is 8.63. The molecule has 58 valence electrons. The normalized spacial score (nSPS) is 10.4. The van der Waals surface area contributed by atoms with E-state index in [0.717, 1.165) is 0 Å². The predicted octanol–water partition coefficient (Wildman–Crippen LogP) is 2.11. The minimum Gasteiger partial charge on any atom is -0.508 e. The lowest BCUT2D eigenvalue weighted by Gasteiger charge is -1.81. The van der Waals surface area contributed by atoms with E-state index in [4.69, 9.17) is 10.8 Å². The highest BCUT2D eigenvalue weighted by Gasteiger charge is 1.73. The van der Waals surface area contributed by atoms with Crippen molar-refractivity contribution in [3.63, 3.8) is 0 Å². The van der Waals surface area contributed by atoms with Gasteiger partial charge in [0.2, 0.25) is 0 Å². The Morgan fingerprint density at radius 2 is 2.00 bits per heavy atom. The Labute approximate surface area is 62.4 Å². The summed E-state index contributed by atoms with van der Waals surface area (Å²) in [5.41, 5.74) is 4.96. The van der Waals surface area contributed by atoms with Gasteiger partial charge in [-0.05, 0) is 24.4 Å². The van der Waals surface area contributed by atoms with Crippen molar-refractivity contribution >= 4 is 0 Å². The maximum Gasteiger partial charge on any atom is 0.115 e. The van der Waals surface area contributed by atoms with Crippen molar-refractivity contribution < 1.29 is 5.11 Å². The maximum absolute atomic E-state index is 8.63. The molecular formula is C8H15NO. The first kappa shape index (κ1) is 11.6. The zero-order valence-corrected chi connectivity index (χ0v) is 6.54. The second kappa shape index (κ2) is 10.7. The maximum atomic E-state index is 8.63. The summed E-state index contributed by atoms with van der Waals surface area (Å²) in [6.45, 7) is 7.32. The second-order valence-electron chi connectivity index (χ2n) is 1.18. The average molecular weight is 141 g/mol. The number of nitrogens with two attached hydrogens (primary N) is 1. The van der Waals surface area contributed by atoms with Crippen LogP contribution in [0.2, 0.25) is 0 Å². The van der Waals surface area contributed by atoms with E-state index in [-0.39, 0.29) is 5.76 Å². The van der Waals surface area contributed by atoms with Crippen LogP contribution in [0.25, 0.3) is 0 Å². The third kappa shape index (κ3) is 9.94. The molecule has 0 fully saturated rings. The van der Waals surface area contributed by atoms with E-state index in [2.05, 4.69) is 6.58 Å². The van der Waals surface area contributed by atoms with Crippen LogP contribution in [-0.2, 0) is 0 Å². The van der Waals surface area contributed by atoms with Crippen LogP contribution in [0.5, 0.6) is 0 Å². The van der Waals surface area contributed by atoms with Crippen LogP contribution < -0.4 is 5.73 Å². The first-order chi connectivity index (χ1) is 4.81. The van der Waals surface area contributed by atoms with E-state index < -0.39 is 0 Å². The highest BCUT2D eigenvalue weighted by molar-refractivity contribution is 5.13. The van der Waals surface area contributed by atoms with Gasteiger partial charge in [-0.1, -0.05) is 20.4 Å². The van der Waals surface area contributed by atoms with Crippen molar-refractivity contribution in [2.75, 3.05) is 0 Å². The Hall–Kier alpha value is -1.18. The molecule has 0 aliphatic rings. The molecule has 10 heavy (non-hydrogen) atoms. The SMILES string of the molecule is C=C/C(O)=C\C=C/N.CC. The van der Waals surface area contributed by atoms with E-state index in [1.807, 2.05) is 13.8 Å². The van der Waals surface area contributed by atoms with Crippen LogP contribution in [0.4, 0.5) is 0 Å². The summed E-state index contributed by atoms with van der Waals surface area (Å²) < 4.78 is 0. The summed E-state index contributed by atoms with van der Waals surface area (Å²) in [6.07, 6.45) is 5.64. The van der Waals surface area contributed by atoms with Gasteiger partial charge in [0.15, 0.2) is 0 Å². The second-order valence-corrected chi connectivity index (χ2v) is 1.18. The fourth-order valence-electron chi connectivity index (χ4n) is 0.222. The van der Waals surface area contributed by atoms with E-state index in [9.17, 15) is 0 Å². The fourth-order valence-corrected chi connectivity index (χ4v) is 0.222. The Kier molecular flexibility index (Phi) is 12.5. The van der Waals surface area contributed by atoms with Crippen molar-refractivity contribution in [2.45, 2.75) is 13.8 Å². The molecule has 0 heterocycles. The third-order valence-electron chi connectivity index (χ3n) is 0.587. The molecule has 0 aliphatic carbocycles. The molecule has 0 unspecified atom stereocenters. The standard InChI is InChI=1S/C6H9NO.C2H6/c1-2-6(8)4-3-5-7;1-2/h2-5,8H,1,7H2;1-2H3/b5-3-,6-4+;. The molecule has 0 spiro atoms. The van der Waals surface area contributed by atoms with Gasteiger partial charge in [-0.25, -0.2) is 0 Å². The van der Waals surface area contributed by atoms with Crippen LogP contribution in [-0.4, -0.2) is 5.11 Å². The summed E-state index contributed by atoms with van der Waals surface area (Å²) >= 11 is 0. The number of hydrogen-bond donors (Lipinski definition) is 2. The van der Waals surface area contributed by atoms with Crippen LogP contribution in [0.15, 0.2) is 36.8 Å². The smallest absolute Gasteiger partial charge is 0.115 e. The van der Waals surface area contributed by atoms with Crippen molar-refractivity contribution in [1.82, 2.24) is 0 Å². The fraction of sp³-hybridized carbons (Fsp3) is 0.250. The zero-order chi connectivity index (χ0) is 8.41. The van der Waals surface area contributed by atoms with Crippen LogP contribution in [0.3, 0.4) is 0 Å². The molecule has 0 atom stereocenters. The zero-order valence-electron chi connectivity index (χ0n) is 6.54. The van der Waals surface area contributed by atoms with Crippen LogP contribution in [0.1, 0.15) is 13.8 Å². The number of allylic oxidation sites excluding steroid dienone is 3. The monoisotopic (exact) mass is 141 g/mol. The van der Waals surface area contributed by atoms with Gasteiger partial charge in [0.05, 0.1) is 0 Å². The summed E-state index contributed by atoms with van der Waals surface area (Å²) in [5.74, 6) is 0.117. The minimum absolute atomic E-state index is 0.117. The van der Waals surface area contributed by atoms with E-state index in [1.165, 1.54) is 24.4 Å². The molecule has 0 radical (unpaired) electrons. The molecule has 0 amide bonds. The molecule has 0 saturated carbocycles. The van der Waals surface area contributed by atoms with Crippen LogP contribution in [0, 0.1) is 0 Å². The summed E-state index contributed by atoms with van der Waals surface area (Å²) in [4.78, 5) is 0. The molecule has 2 nitrogen and oxygen atoms in total.